The number of rotatable bonds is 1. The molecule has 0 spiro atoms. The number of halogens is 1. The Morgan fingerprint density at radius 1 is 1.43 bits per heavy atom. The van der Waals surface area contributed by atoms with Gasteiger partial charge in [0, 0.05) is 18.8 Å². The molecule has 2 aliphatic heterocycles. The molecular formula is C15H17FN2O3. The zero-order valence-corrected chi connectivity index (χ0v) is 11.8. The monoisotopic (exact) mass is 292 g/mol. The van der Waals surface area contributed by atoms with Gasteiger partial charge in [-0.05, 0) is 37.3 Å². The van der Waals surface area contributed by atoms with Gasteiger partial charge >= 0.3 is 5.97 Å². The maximum Gasteiger partial charge on any atom is 0.310 e. The number of aromatic nitrogens is 1. The van der Waals surface area contributed by atoms with Crippen molar-refractivity contribution in [2.75, 3.05) is 13.7 Å². The summed E-state index contributed by atoms with van der Waals surface area (Å²) in [4.78, 5) is 29.7. The molecule has 21 heavy (non-hydrogen) atoms. The van der Waals surface area contributed by atoms with Crippen LogP contribution in [0.3, 0.4) is 0 Å². The van der Waals surface area contributed by atoms with Crippen LogP contribution in [0.5, 0.6) is 0 Å². The van der Waals surface area contributed by atoms with Gasteiger partial charge in [-0.3, -0.25) is 9.59 Å². The molecule has 1 saturated heterocycles. The number of methoxy groups -OCH3 is 1. The van der Waals surface area contributed by atoms with Crippen LogP contribution in [-0.4, -0.2) is 41.5 Å². The number of hydrogen-bond donors (Lipinski definition) is 0. The summed E-state index contributed by atoms with van der Waals surface area (Å²) in [5.41, 5.74) is 1.15. The smallest absolute Gasteiger partial charge is 0.310 e. The fourth-order valence-electron chi connectivity index (χ4n) is 3.28. The maximum atomic E-state index is 13.2. The van der Waals surface area contributed by atoms with Crippen molar-refractivity contribution in [3.63, 3.8) is 0 Å². The third-order valence-corrected chi connectivity index (χ3v) is 4.44. The van der Waals surface area contributed by atoms with E-state index in [-0.39, 0.29) is 23.8 Å². The van der Waals surface area contributed by atoms with Crippen molar-refractivity contribution >= 4 is 11.9 Å². The summed E-state index contributed by atoms with van der Waals surface area (Å²) in [7, 11) is 1.36. The Bertz CT molecular complexity index is 590. The fourth-order valence-corrected chi connectivity index (χ4v) is 3.28. The molecule has 0 aromatic carbocycles. The molecule has 3 heterocycles. The highest BCUT2D eigenvalue weighted by molar-refractivity contribution is 5.96. The molecule has 0 radical (unpaired) electrons. The molecule has 0 N–H and O–H groups in total. The van der Waals surface area contributed by atoms with Gasteiger partial charge in [-0.15, -0.1) is 0 Å². The summed E-state index contributed by atoms with van der Waals surface area (Å²) < 4.78 is 18.0. The summed E-state index contributed by atoms with van der Waals surface area (Å²) >= 11 is 0. The van der Waals surface area contributed by atoms with E-state index in [1.807, 2.05) is 0 Å². The van der Waals surface area contributed by atoms with Crippen molar-refractivity contribution in [1.82, 2.24) is 9.88 Å². The highest BCUT2D eigenvalue weighted by Crippen LogP contribution is 2.31. The van der Waals surface area contributed by atoms with Crippen LogP contribution in [0.1, 0.15) is 35.2 Å². The van der Waals surface area contributed by atoms with Gasteiger partial charge in [0.25, 0.3) is 5.91 Å². The Kier molecular flexibility index (Phi) is 3.61. The lowest BCUT2D eigenvalue weighted by molar-refractivity contribution is -0.147. The number of esters is 1. The van der Waals surface area contributed by atoms with E-state index in [1.165, 1.54) is 19.4 Å². The lowest BCUT2D eigenvalue weighted by atomic mass is 9.91. The highest BCUT2D eigenvalue weighted by atomic mass is 19.1. The molecule has 0 aliphatic carbocycles. The van der Waals surface area contributed by atoms with Gasteiger partial charge < -0.3 is 9.64 Å². The Morgan fingerprint density at radius 3 is 3.00 bits per heavy atom. The number of fused-ring (bicyclic) bond motifs is 2. The van der Waals surface area contributed by atoms with Crippen LogP contribution in [0, 0.1) is 11.9 Å². The third-order valence-electron chi connectivity index (χ3n) is 4.44. The normalized spacial score (nSPS) is 24.9. The van der Waals surface area contributed by atoms with Crippen LogP contribution < -0.4 is 0 Å². The van der Waals surface area contributed by atoms with E-state index >= 15 is 0 Å². The third kappa shape index (κ3) is 2.50. The molecule has 0 unspecified atom stereocenters. The number of piperidine rings is 1. The van der Waals surface area contributed by atoms with Crippen molar-refractivity contribution in [2.45, 2.75) is 31.7 Å². The molecule has 1 amide bonds. The van der Waals surface area contributed by atoms with Crippen molar-refractivity contribution in [2.24, 2.45) is 5.92 Å². The van der Waals surface area contributed by atoms with Crippen LogP contribution in [-0.2, 0) is 16.0 Å². The van der Waals surface area contributed by atoms with Crippen LogP contribution >= 0.6 is 0 Å². The van der Waals surface area contributed by atoms with Crippen molar-refractivity contribution in [3.8, 4) is 0 Å². The van der Waals surface area contributed by atoms with E-state index in [4.69, 9.17) is 4.74 Å². The summed E-state index contributed by atoms with van der Waals surface area (Å²) in [6.45, 7) is 0.368. The molecule has 1 fully saturated rings. The first kappa shape index (κ1) is 14.0. The molecule has 2 aliphatic rings. The molecule has 112 valence electrons. The fraction of sp³-hybridized carbons (Fsp3) is 0.533. The zero-order valence-electron chi connectivity index (χ0n) is 11.8. The molecule has 0 saturated carbocycles. The average molecular weight is 292 g/mol. The van der Waals surface area contributed by atoms with Gasteiger partial charge in [-0.1, -0.05) is 0 Å². The van der Waals surface area contributed by atoms with Gasteiger partial charge in [0.15, 0.2) is 0 Å². The number of carbonyl (C=O) groups excluding carboxylic acids is 2. The molecule has 1 aromatic heterocycles. The predicted octanol–water partition coefficient (Wildman–Crippen LogP) is 1.56. The second-order valence-corrected chi connectivity index (χ2v) is 5.61. The Balaban J connectivity index is 1.89. The molecule has 1 aromatic rings. The predicted molar refractivity (Wildman–Crippen MR) is 72.1 cm³/mol. The van der Waals surface area contributed by atoms with Crippen molar-refractivity contribution < 1.29 is 18.7 Å². The van der Waals surface area contributed by atoms with Crippen LogP contribution in [0.25, 0.3) is 0 Å². The number of pyridine rings is 1. The molecule has 3 rings (SSSR count). The molecule has 6 heteroatoms. The summed E-state index contributed by atoms with van der Waals surface area (Å²) in [6, 6.07) is 1.44. The van der Waals surface area contributed by atoms with Crippen LogP contribution in [0.4, 0.5) is 4.39 Å². The minimum absolute atomic E-state index is 0.105. The van der Waals surface area contributed by atoms with Crippen LogP contribution in [0.15, 0.2) is 12.3 Å². The number of carbonyl (C=O) groups is 2. The topological polar surface area (TPSA) is 59.5 Å². The lowest BCUT2D eigenvalue weighted by Crippen LogP contribution is -2.48. The van der Waals surface area contributed by atoms with Gasteiger partial charge in [-0.2, -0.15) is 4.39 Å². The first-order chi connectivity index (χ1) is 10.1. The van der Waals surface area contributed by atoms with E-state index in [1.54, 1.807) is 4.90 Å². The Morgan fingerprint density at radius 2 is 2.24 bits per heavy atom. The van der Waals surface area contributed by atoms with Crippen LogP contribution in [0.2, 0.25) is 0 Å². The highest BCUT2D eigenvalue weighted by Gasteiger charge is 2.37. The molecular weight excluding hydrogens is 275 g/mol. The number of hydrogen-bond acceptors (Lipinski definition) is 4. The molecule has 2 atom stereocenters. The Labute approximate surface area is 122 Å². The quantitative estimate of drug-likeness (QED) is 0.582. The Hall–Kier alpha value is -1.98. The van der Waals surface area contributed by atoms with Crippen molar-refractivity contribution in [1.29, 1.82) is 0 Å². The summed E-state index contributed by atoms with van der Waals surface area (Å²) in [5.74, 6) is -1.27. The summed E-state index contributed by atoms with van der Waals surface area (Å²) in [5, 5.41) is 0. The number of aryl methyl sites for hydroxylation is 1. The number of ether oxygens (including phenoxy) is 1. The second-order valence-electron chi connectivity index (χ2n) is 5.61. The van der Waals surface area contributed by atoms with Gasteiger partial charge in [0.05, 0.1) is 18.6 Å². The van der Waals surface area contributed by atoms with E-state index in [0.717, 1.165) is 19.3 Å². The van der Waals surface area contributed by atoms with Gasteiger partial charge in [-0.25, -0.2) is 4.98 Å². The van der Waals surface area contributed by atoms with E-state index in [0.29, 0.717) is 24.1 Å². The van der Waals surface area contributed by atoms with Gasteiger partial charge in [0.1, 0.15) is 0 Å². The standard InChI is InChI=1S/C15H17FN2O3/c1-21-15(20)10-3-5-11-4-2-9-6-13(16)17-7-12(9)14(19)18(11)8-10/h6-7,10-11H,2-5,8H2,1H3/t10-,11-/m0/s1. The van der Waals surface area contributed by atoms with Crippen molar-refractivity contribution in [3.05, 3.63) is 29.3 Å². The second kappa shape index (κ2) is 5.42. The van der Waals surface area contributed by atoms with Gasteiger partial charge in [0.2, 0.25) is 5.95 Å². The SMILES string of the molecule is COC(=O)[C@H]1CC[C@@H]2CCc3cc(F)ncc3C(=O)N2C1. The first-order valence-corrected chi connectivity index (χ1v) is 7.13. The zero-order chi connectivity index (χ0) is 15.0. The van der Waals surface area contributed by atoms with E-state index in [2.05, 4.69) is 4.98 Å². The van der Waals surface area contributed by atoms with E-state index in [9.17, 15) is 14.0 Å². The minimum Gasteiger partial charge on any atom is -0.469 e. The number of nitrogens with zero attached hydrogens (tertiary/aromatic N) is 2. The maximum absolute atomic E-state index is 13.2. The van der Waals surface area contributed by atoms with E-state index < -0.39 is 5.95 Å². The largest absolute Gasteiger partial charge is 0.469 e. The average Bonchev–Trinajstić information content (AvgIpc) is 2.63. The molecule has 5 nitrogen and oxygen atoms in total. The lowest BCUT2D eigenvalue weighted by Gasteiger charge is -2.37. The summed E-state index contributed by atoms with van der Waals surface area (Å²) in [6.07, 6.45) is 4.25. The first-order valence-electron chi connectivity index (χ1n) is 7.13. The number of amides is 1. The molecule has 0 bridgehead atoms. The minimum atomic E-state index is -0.561.